The number of alkyl halides is 1. The van der Waals surface area contributed by atoms with Crippen LogP contribution in [0.2, 0.25) is 0 Å². The van der Waals surface area contributed by atoms with E-state index in [4.69, 9.17) is 11.6 Å². The second-order valence-corrected chi connectivity index (χ2v) is 3.88. The van der Waals surface area contributed by atoms with Crippen molar-refractivity contribution >= 4 is 11.6 Å². The summed E-state index contributed by atoms with van der Waals surface area (Å²) in [6.45, 7) is 2.45. The van der Waals surface area contributed by atoms with E-state index < -0.39 is 0 Å². The van der Waals surface area contributed by atoms with E-state index in [1.165, 1.54) is 12.1 Å². The Bertz CT molecular complexity index is 496. The molecule has 16 heavy (non-hydrogen) atoms. The first-order chi connectivity index (χ1) is 7.69. The molecule has 0 radical (unpaired) electrons. The predicted molar refractivity (Wildman–Crippen MR) is 59.8 cm³/mol. The Balaban J connectivity index is 2.22. The zero-order chi connectivity index (χ0) is 11.5. The fraction of sp³-hybridized carbons (Fsp3) is 0.273. The molecule has 1 heterocycles. The van der Waals surface area contributed by atoms with E-state index in [-0.39, 0.29) is 5.82 Å². The molecule has 0 aliphatic carbocycles. The van der Waals surface area contributed by atoms with Crippen LogP contribution in [0.5, 0.6) is 0 Å². The molecular weight excluding hydrogens is 229 g/mol. The van der Waals surface area contributed by atoms with Gasteiger partial charge in [0.2, 0.25) is 0 Å². The van der Waals surface area contributed by atoms with Gasteiger partial charge in [-0.15, -0.1) is 16.7 Å². The normalized spacial score (nSPS) is 10.7. The van der Waals surface area contributed by atoms with Gasteiger partial charge in [0.25, 0.3) is 0 Å². The Hall–Kier alpha value is -1.42. The fourth-order valence-corrected chi connectivity index (χ4v) is 1.58. The lowest BCUT2D eigenvalue weighted by atomic mass is 10.1. The minimum absolute atomic E-state index is 0.238. The number of nitrogens with zero attached hydrogens (tertiary/aromatic N) is 3. The summed E-state index contributed by atoms with van der Waals surface area (Å²) in [5.74, 6) is 0.0977. The average Bonchev–Trinajstić information content (AvgIpc) is 2.71. The first-order valence-corrected chi connectivity index (χ1v) is 5.42. The van der Waals surface area contributed by atoms with Crippen molar-refractivity contribution in [1.82, 2.24) is 15.0 Å². The summed E-state index contributed by atoms with van der Waals surface area (Å²) >= 11 is 5.62. The Labute approximate surface area is 97.8 Å². The Morgan fingerprint density at radius 2 is 2.25 bits per heavy atom. The van der Waals surface area contributed by atoms with Crippen LogP contribution in [0.25, 0.3) is 0 Å². The van der Waals surface area contributed by atoms with Crippen LogP contribution >= 0.6 is 11.6 Å². The SMILES string of the molecule is Cc1ccc(F)cc1Cn1cc(CCl)nn1. The first kappa shape index (κ1) is 11.1. The van der Waals surface area contributed by atoms with Gasteiger partial charge in [0.1, 0.15) is 5.82 Å². The molecule has 3 nitrogen and oxygen atoms in total. The molecule has 0 atom stereocenters. The number of halogens is 2. The molecule has 0 bridgehead atoms. The number of hydrogen-bond acceptors (Lipinski definition) is 2. The second kappa shape index (κ2) is 4.61. The van der Waals surface area contributed by atoms with Gasteiger partial charge in [-0.2, -0.15) is 0 Å². The third-order valence-electron chi connectivity index (χ3n) is 2.37. The van der Waals surface area contributed by atoms with Crippen molar-refractivity contribution in [3.63, 3.8) is 0 Å². The van der Waals surface area contributed by atoms with E-state index in [2.05, 4.69) is 10.3 Å². The minimum atomic E-state index is -0.238. The van der Waals surface area contributed by atoms with Crippen molar-refractivity contribution in [2.75, 3.05) is 0 Å². The molecule has 0 unspecified atom stereocenters. The van der Waals surface area contributed by atoms with Crippen molar-refractivity contribution in [3.05, 3.63) is 47.0 Å². The number of aryl methyl sites for hydroxylation is 1. The van der Waals surface area contributed by atoms with Gasteiger partial charge in [-0.05, 0) is 30.2 Å². The fourth-order valence-electron chi connectivity index (χ4n) is 1.46. The molecule has 1 aromatic heterocycles. The summed E-state index contributed by atoms with van der Waals surface area (Å²) in [6.07, 6.45) is 1.76. The van der Waals surface area contributed by atoms with Crippen LogP contribution < -0.4 is 0 Å². The molecule has 0 amide bonds. The van der Waals surface area contributed by atoms with Crippen molar-refractivity contribution in [3.8, 4) is 0 Å². The lowest BCUT2D eigenvalue weighted by molar-refractivity contribution is 0.612. The molecule has 5 heteroatoms. The lowest BCUT2D eigenvalue weighted by Crippen LogP contribution is -2.02. The smallest absolute Gasteiger partial charge is 0.123 e. The van der Waals surface area contributed by atoms with Gasteiger partial charge in [0.05, 0.1) is 24.3 Å². The molecule has 0 N–H and O–H groups in total. The van der Waals surface area contributed by atoms with E-state index in [0.29, 0.717) is 12.4 Å². The van der Waals surface area contributed by atoms with E-state index in [1.807, 2.05) is 6.92 Å². The largest absolute Gasteiger partial charge is 0.248 e. The molecule has 2 aromatic rings. The van der Waals surface area contributed by atoms with Crippen LogP contribution in [-0.4, -0.2) is 15.0 Å². The number of hydrogen-bond donors (Lipinski definition) is 0. The molecule has 84 valence electrons. The van der Waals surface area contributed by atoms with Gasteiger partial charge in [-0.1, -0.05) is 11.3 Å². The zero-order valence-electron chi connectivity index (χ0n) is 8.82. The molecular formula is C11H11ClFN3. The highest BCUT2D eigenvalue weighted by atomic mass is 35.5. The van der Waals surface area contributed by atoms with Crippen molar-refractivity contribution in [2.24, 2.45) is 0 Å². The maximum atomic E-state index is 13.1. The summed E-state index contributed by atoms with van der Waals surface area (Å²) in [7, 11) is 0. The maximum absolute atomic E-state index is 13.1. The molecule has 0 aliphatic heterocycles. The first-order valence-electron chi connectivity index (χ1n) is 4.89. The van der Waals surface area contributed by atoms with Crippen LogP contribution in [-0.2, 0) is 12.4 Å². The monoisotopic (exact) mass is 239 g/mol. The van der Waals surface area contributed by atoms with Crippen LogP contribution in [0, 0.1) is 12.7 Å². The van der Waals surface area contributed by atoms with Crippen molar-refractivity contribution in [1.29, 1.82) is 0 Å². The average molecular weight is 240 g/mol. The zero-order valence-corrected chi connectivity index (χ0v) is 9.58. The molecule has 0 aliphatic rings. The summed E-state index contributed by atoms with van der Waals surface area (Å²) in [5.41, 5.74) is 2.64. The highest BCUT2D eigenvalue weighted by Crippen LogP contribution is 2.11. The topological polar surface area (TPSA) is 30.7 Å². The molecule has 0 saturated carbocycles. The highest BCUT2D eigenvalue weighted by Gasteiger charge is 2.04. The van der Waals surface area contributed by atoms with Gasteiger partial charge in [0.15, 0.2) is 0 Å². The molecule has 1 aromatic carbocycles. The van der Waals surface area contributed by atoms with E-state index in [1.54, 1.807) is 16.9 Å². The summed E-state index contributed by atoms with van der Waals surface area (Å²) in [6, 6.07) is 4.71. The minimum Gasteiger partial charge on any atom is -0.248 e. The molecule has 0 fully saturated rings. The van der Waals surface area contributed by atoms with Gasteiger partial charge >= 0.3 is 0 Å². The standard InChI is InChI=1S/C11H11ClFN3/c1-8-2-3-10(13)4-9(8)6-16-7-11(5-12)14-15-16/h2-4,7H,5-6H2,1H3. The van der Waals surface area contributed by atoms with Crippen LogP contribution in [0.15, 0.2) is 24.4 Å². The van der Waals surface area contributed by atoms with Gasteiger partial charge in [0, 0.05) is 0 Å². The Kier molecular flexibility index (Phi) is 3.19. The maximum Gasteiger partial charge on any atom is 0.123 e. The highest BCUT2D eigenvalue weighted by molar-refractivity contribution is 6.16. The van der Waals surface area contributed by atoms with Gasteiger partial charge in [-0.3, -0.25) is 0 Å². The molecule has 0 saturated heterocycles. The Morgan fingerprint density at radius 3 is 2.94 bits per heavy atom. The van der Waals surface area contributed by atoms with Gasteiger partial charge in [-0.25, -0.2) is 9.07 Å². The summed E-state index contributed by atoms with van der Waals surface area (Å²) < 4.78 is 14.7. The van der Waals surface area contributed by atoms with E-state index >= 15 is 0 Å². The van der Waals surface area contributed by atoms with E-state index in [9.17, 15) is 4.39 Å². The number of aromatic nitrogens is 3. The van der Waals surface area contributed by atoms with Gasteiger partial charge < -0.3 is 0 Å². The van der Waals surface area contributed by atoms with Crippen LogP contribution in [0.4, 0.5) is 4.39 Å². The number of benzene rings is 1. The third kappa shape index (κ3) is 2.39. The summed E-state index contributed by atoms with van der Waals surface area (Å²) in [5, 5.41) is 7.78. The lowest BCUT2D eigenvalue weighted by Gasteiger charge is -2.05. The van der Waals surface area contributed by atoms with Crippen molar-refractivity contribution < 1.29 is 4.39 Å². The summed E-state index contributed by atoms with van der Waals surface area (Å²) in [4.78, 5) is 0. The predicted octanol–water partition coefficient (Wildman–Crippen LogP) is 2.51. The third-order valence-corrected chi connectivity index (χ3v) is 2.64. The Morgan fingerprint density at radius 1 is 1.44 bits per heavy atom. The quantitative estimate of drug-likeness (QED) is 0.771. The van der Waals surface area contributed by atoms with E-state index in [0.717, 1.165) is 16.8 Å². The molecule has 0 spiro atoms. The van der Waals surface area contributed by atoms with Crippen LogP contribution in [0.1, 0.15) is 16.8 Å². The second-order valence-electron chi connectivity index (χ2n) is 3.61. The van der Waals surface area contributed by atoms with Crippen LogP contribution in [0.3, 0.4) is 0 Å². The van der Waals surface area contributed by atoms with Crippen molar-refractivity contribution in [2.45, 2.75) is 19.3 Å². The number of rotatable bonds is 3. The molecule has 2 rings (SSSR count).